The average Bonchev–Trinajstić information content (AvgIpc) is 2.42. The summed E-state index contributed by atoms with van der Waals surface area (Å²) >= 11 is 3.29. The minimum atomic E-state index is -0.750. The van der Waals surface area contributed by atoms with Gasteiger partial charge in [-0.1, -0.05) is 15.9 Å². The molecule has 0 aliphatic heterocycles. The van der Waals surface area contributed by atoms with Crippen molar-refractivity contribution in [2.24, 2.45) is 11.3 Å². The summed E-state index contributed by atoms with van der Waals surface area (Å²) in [6, 6.07) is 0. The molecule has 1 fully saturated rings. The maximum Gasteiger partial charge on any atom is 0.129 e. The monoisotopic (exact) mass is 260 g/mol. The molecule has 3 heteroatoms. The van der Waals surface area contributed by atoms with Crippen molar-refractivity contribution >= 4 is 22.2 Å². The molecule has 14 heavy (non-hydrogen) atoms. The van der Waals surface area contributed by atoms with E-state index in [0.717, 1.165) is 24.7 Å². The molecule has 1 rings (SSSR count). The van der Waals surface area contributed by atoms with Gasteiger partial charge in [-0.25, -0.2) is 0 Å². The number of hydrogen-bond acceptors (Lipinski definition) is 2. The van der Waals surface area contributed by atoms with Crippen molar-refractivity contribution in [3.05, 3.63) is 10.6 Å². The summed E-state index contributed by atoms with van der Waals surface area (Å²) in [7, 11) is 0. The fourth-order valence-corrected chi connectivity index (χ4v) is 3.05. The van der Waals surface area contributed by atoms with E-state index in [1.807, 2.05) is 6.92 Å². The lowest BCUT2D eigenvalue weighted by molar-refractivity contribution is -0.113. The number of carbonyl (C=O) groups is 1. The maximum absolute atomic E-state index is 11.0. The van der Waals surface area contributed by atoms with Crippen LogP contribution < -0.4 is 0 Å². The molecule has 1 aliphatic carbocycles. The van der Waals surface area contributed by atoms with Crippen molar-refractivity contribution in [2.45, 2.75) is 39.2 Å². The van der Waals surface area contributed by atoms with Gasteiger partial charge >= 0.3 is 0 Å². The zero-order valence-corrected chi connectivity index (χ0v) is 10.5. The molecule has 0 bridgehead atoms. The van der Waals surface area contributed by atoms with E-state index in [1.165, 1.54) is 0 Å². The van der Waals surface area contributed by atoms with Crippen molar-refractivity contribution in [2.75, 3.05) is 0 Å². The Balaban J connectivity index is 3.03. The van der Waals surface area contributed by atoms with E-state index in [-0.39, 0.29) is 5.92 Å². The molecule has 0 aromatic heterocycles. The minimum absolute atomic E-state index is 0.0806. The van der Waals surface area contributed by atoms with Crippen LogP contribution in [0, 0.1) is 11.3 Å². The summed E-state index contributed by atoms with van der Waals surface area (Å²) in [5, 5.41) is 9.97. The molecule has 2 atom stereocenters. The lowest BCUT2D eigenvalue weighted by atomic mass is 9.80. The summed E-state index contributed by atoms with van der Waals surface area (Å²) in [5.41, 5.74) is -0.130. The van der Waals surface area contributed by atoms with Crippen molar-refractivity contribution in [3.63, 3.8) is 0 Å². The first-order chi connectivity index (χ1) is 6.35. The van der Waals surface area contributed by atoms with Crippen LogP contribution in [0.2, 0.25) is 0 Å². The number of aldehydes is 1. The normalized spacial score (nSPS) is 36.4. The van der Waals surface area contributed by atoms with Crippen molar-refractivity contribution in [1.29, 1.82) is 0 Å². The fraction of sp³-hybridized carbons (Fsp3) is 0.727. The molecule has 1 aliphatic rings. The predicted octanol–water partition coefficient (Wildman–Crippen LogP) is 2.65. The van der Waals surface area contributed by atoms with Gasteiger partial charge in [-0.05, 0) is 44.2 Å². The largest absolute Gasteiger partial charge is 0.390 e. The van der Waals surface area contributed by atoms with Crippen LogP contribution in [-0.2, 0) is 4.79 Å². The predicted molar refractivity (Wildman–Crippen MR) is 60.2 cm³/mol. The zero-order valence-electron chi connectivity index (χ0n) is 8.88. The van der Waals surface area contributed by atoms with Gasteiger partial charge in [0.15, 0.2) is 0 Å². The molecule has 0 unspecified atom stereocenters. The molecule has 0 saturated heterocycles. The highest BCUT2D eigenvalue weighted by Gasteiger charge is 2.45. The van der Waals surface area contributed by atoms with Gasteiger partial charge in [0.2, 0.25) is 0 Å². The van der Waals surface area contributed by atoms with Crippen LogP contribution in [0.25, 0.3) is 0 Å². The van der Waals surface area contributed by atoms with Crippen molar-refractivity contribution in [1.82, 2.24) is 0 Å². The van der Waals surface area contributed by atoms with E-state index in [0.29, 0.717) is 0 Å². The Morgan fingerprint density at radius 2 is 2.21 bits per heavy atom. The highest BCUT2D eigenvalue weighted by atomic mass is 79.9. The summed E-state index contributed by atoms with van der Waals surface area (Å²) < 4.78 is 0. The SMILES string of the molecule is CC(C)(O)[C@@H]1CC[C@@](C)(C=O)/C1=C/Br. The van der Waals surface area contributed by atoms with Gasteiger partial charge in [0.05, 0.1) is 5.60 Å². The molecule has 2 nitrogen and oxygen atoms in total. The summed E-state index contributed by atoms with van der Waals surface area (Å²) in [4.78, 5) is 12.8. The average molecular weight is 261 g/mol. The third-order valence-electron chi connectivity index (χ3n) is 3.22. The van der Waals surface area contributed by atoms with Gasteiger partial charge < -0.3 is 9.90 Å². The molecule has 0 heterocycles. The molecule has 1 saturated carbocycles. The summed E-state index contributed by atoms with van der Waals surface area (Å²) in [5.74, 6) is 0.0806. The van der Waals surface area contributed by atoms with E-state index in [4.69, 9.17) is 0 Å². The maximum atomic E-state index is 11.0. The number of hydrogen-bond donors (Lipinski definition) is 1. The van der Waals surface area contributed by atoms with Crippen LogP contribution >= 0.6 is 15.9 Å². The van der Waals surface area contributed by atoms with Gasteiger partial charge in [0.1, 0.15) is 6.29 Å². The van der Waals surface area contributed by atoms with E-state index in [1.54, 1.807) is 18.8 Å². The molecule has 0 radical (unpaired) electrons. The minimum Gasteiger partial charge on any atom is -0.390 e. The smallest absolute Gasteiger partial charge is 0.129 e. The second-order valence-corrected chi connectivity index (χ2v) is 5.30. The van der Waals surface area contributed by atoms with Gasteiger partial charge in [-0.3, -0.25) is 0 Å². The molecule has 0 aromatic rings. The van der Waals surface area contributed by atoms with E-state index >= 15 is 0 Å². The fourth-order valence-electron chi connectivity index (χ4n) is 2.20. The molecule has 0 aromatic carbocycles. The highest BCUT2D eigenvalue weighted by Crippen LogP contribution is 2.49. The molecule has 80 valence electrons. The Labute approximate surface area is 93.5 Å². The second-order valence-electron chi connectivity index (χ2n) is 4.84. The third kappa shape index (κ3) is 1.94. The number of carbonyl (C=O) groups excluding carboxylic acids is 1. The lowest BCUT2D eigenvalue weighted by Gasteiger charge is -2.29. The van der Waals surface area contributed by atoms with Gasteiger partial charge in [0.25, 0.3) is 0 Å². The van der Waals surface area contributed by atoms with E-state index < -0.39 is 11.0 Å². The van der Waals surface area contributed by atoms with Crippen LogP contribution in [0.5, 0.6) is 0 Å². The second kappa shape index (κ2) is 3.78. The standard InChI is InChI=1S/C11H17BrO2/c1-10(2,14)8-4-5-11(3,7-13)9(8)6-12/h6-8,14H,4-5H2,1-3H3/b9-6+/t8-,11+/m1/s1. The number of halogens is 1. The van der Waals surface area contributed by atoms with Crippen LogP contribution in [0.15, 0.2) is 10.6 Å². The first-order valence-electron chi connectivity index (χ1n) is 4.84. The molecule has 0 spiro atoms. The number of aliphatic hydroxyl groups is 1. The van der Waals surface area contributed by atoms with Crippen LogP contribution in [-0.4, -0.2) is 17.0 Å². The quantitative estimate of drug-likeness (QED) is 0.776. The Morgan fingerprint density at radius 1 is 1.64 bits per heavy atom. The van der Waals surface area contributed by atoms with Gasteiger partial charge in [-0.15, -0.1) is 0 Å². The van der Waals surface area contributed by atoms with E-state index in [9.17, 15) is 9.90 Å². The third-order valence-corrected chi connectivity index (χ3v) is 3.71. The van der Waals surface area contributed by atoms with Gasteiger partial charge in [-0.2, -0.15) is 0 Å². The van der Waals surface area contributed by atoms with Crippen LogP contribution in [0.3, 0.4) is 0 Å². The summed E-state index contributed by atoms with van der Waals surface area (Å²) in [6.45, 7) is 5.52. The first-order valence-corrected chi connectivity index (χ1v) is 5.76. The number of rotatable bonds is 2. The Bertz CT molecular complexity index is 265. The van der Waals surface area contributed by atoms with Crippen molar-refractivity contribution in [3.8, 4) is 0 Å². The molecule has 0 amide bonds. The van der Waals surface area contributed by atoms with E-state index in [2.05, 4.69) is 15.9 Å². The topological polar surface area (TPSA) is 37.3 Å². The van der Waals surface area contributed by atoms with Crippen molar-refractivity contribution < 1.29 is 9.90 Å². The first kappa shape index (κ1) is 11.9. The Morgan fingerprint density at radius 3 is 2.57 bits per heavy atom. The Kier molecular flexibility index (Phi) is 3.22. The molecular formula is C11H17BrO2. The zero-order chi connectivity index (χ0) is 11.0. The van der Waals surface area contributed by atoms with Crippen LogP contribution in [0.1, 0.15) is 33.6 Å². The molecular weight excluding hydrogens is 244 g/mol. The molecule has 1 N–H and O–H groups in total. The lowest BCUT2D eigenvalue weighted by Crippen LogP contribution is -2.32. The highest BCUT2D eigenvalue weighted by molar-refractivity contribution is 9.11. The van der Waals surface area contributed by atoms with Gasteiger partial charge in [0, 0.05) is 11.3 Å². The Hall–Kier alpha value is -0.150. The summed E-state index contributed by atoms with van der Waals surface area (Å²) in [6.07, 6.45) is 2.69. The van der Waals surface area contributed by atoms with Crippen LogP contribution in [0.4, 0.5) is 0 Å².